The van der Waals surface area contributed by atoms with Gasteiger partial charge >= 0.3 is 11.7 Å². The first kappa shape index (κ1) is 16.5. The molecule has 2 heterocycles. The topological polar surface area (TPSA) is 81.2 Å². The molecule has 0 atom stereocenters. The second-order valence-electron chi connectivity index (χ2n) is 6.75. The van der Waals surface area contributed by atoms with Crippen molar-refractivity contribution in [2.75, 3.05) is 0 Å². The summed E-state index contributed by atoms with van der Waals surface area (Å²) in [6.45, 7) is 10.0. The summed E-state index contributed by atoms with van der Waals surface area (Å²) in [4.78, 5) is 40.6. The van der Waals surface area contributed by atoms with Crippen LogP contribution < -0.4 is 11.2 Å². The van der Waals surface area contributed by atoms with Crippen LogP contribution in [0.25, 0.3) is 10.2 Å². The summed E-state index contributed by atoms with van der Waals surface area (Å²) in [6, 6.07) is 0. The number of nitrogens with zero attached hydrogens (tertiary/aromatic N) is 1. The molecular weight excluding hydrogens is 304 g/mol. The Kier molecular flexibility index (Phi) is 3.81. The Hall–Kier alpha value is -1.89. The van der Waals surface area contributed by atoms with Crippen LogP contribution in [-0.4, -0.2) is 21.1 Å². The molecule has 0 aliphatic heterocycles. The molecule has 0 aliphatic rings. The van der Waals surface area contributed by atoms with Crippen LogP contribution in [0.3, 0.4) is 0 Å². The maximum Gasteiger partial charge on any atom is 0.332 e. The summed E-state index contributed by atoms with van der Waals surface area (Å²) in [5.41, 5.74) is -2.42. The lowest BCUT2D eigenvalue weighted by molar-refractivity contribution is -0.164. The van der Waals surface area contributed by atoms with E-state index < -0.39 is 28.4 Å². The molecule has 0 bridgehead atoms. The lowest BCUT2D eigenvalue weighted by Gasteiger charge is -2.29. The van der Waals surface area contributed by atoms with Gasteiger partial charge in [0.05, 0.1) is 5.39 Å². The third-order valence-electron chi connectivity index (χ3n) is 3.27. The molecule has 120 valence electrons. The first-order valence-corrected chi connectivity index (χ1v) is 7.80. The summed E-state index contributed by atoms with van der Waals surface area (Å²) < 4.78 is 6.28. The van der Waals surface area contributed by atoms with Gasteiger partial charge in [-0.05, 0) is 52.5 Å². The fourth-order valence-electron chi connectivity index (χ4n) is 2.16. The van der Waals surface area contributed by atoms with Crippen LogP contribution in [0.15, 0.2) is 15.0 Å². The van der Waals surface area contributed by atoms with Crippen molar-refractivity contribution in [2.45, 2.75) is 52.7 Å². The Morgan fingerprint density at radius 2 is 1.82 bits per heavy atom. The Morgan fingerprint density at radius 3 is 2.36 bits per heavy atom. The summed E-state index contributed by atoms with van der Waals surface area (Å²) in [6.07, 6.45) is 0. The number of hydrogen-bond acceptors (Lipinski definition) is 5. The second kappa shape index (κ2) is 5.08. The Bertz CT molecular complexity index is 849. The van der Waals surface area contributed by atoms with Gasteiger partial charge in [-0.15, -0.1) is 11.3 Å². The number of rotatable bonds is 2. The largest absolute Gasteiger partial charge is 0.458 e. The zero-order valence-corrected chi connectivity index (χ0v) is 14.4. The standard InChI is InChI=1S/C15H20N2O4S/c1-8-7-22-10-9(8)11(18)17(13(20)16-10)15(5,6)12(19)21-14(2,3)4/h7H,1-6H3,(H,16,20). The second-order valence-corrected chi connectivity index (χ2v) is 7.63. The van der Waals surface area contributed by atoms with E-state index in [2.05, 4.69) is 4.98 Å². The number of carbonyl (C=O) groups excluding carboxylic acids is 1. The molecule has 0 unspecified atom stereocenters. The fourth-order valence-corrected chi connectivity index (χ4v) is 3.09. The molecule has 22 heavy (non-hydrogen) atoms. The minimum absolute atomic E-state index is 0.432. The minimum atomic E-state index is -1.40. The van der Waals surface area contributed by atoms with Gasteiger partial charge in [-0.25, -0.2) is 14.2 Å². The number of aromatic nitrogens is 2. The SMILES string of the molecule is Cc1csc2[nH]c(=O)n(C(C)(C)C(=O)OC(C)(C)C)c(=O)c12. The Morgan fingerprint density at radius 1 is 1.23 bits per heavy atom. The van der Waals surface area contributed by atoms with E-state index in [1.165, 1.54) is 25.2 Å². The summed E-state index contributed by atoms with van der Waals surface area (Å²) in [7, 11) is 0. The number of nitrogens with one attached hydrogen (secondary N) is 1. The van der Waals surface area contributed by atoms with Crippen LogP contribution in [0.4, 0.5) is 0 Å². The van der Waals surface area contributed by atoms with E-state index in [4.69, 9.17) is 4.74 Å². The number of carbonyl (C=O) groups is 1. The van der Waals surface area contributed by atoms with E-state index in [9.17, 15) is 14.4 Å². The van der Waals surface area contributed by atoms with E-state index in [0.29, 0.717) is 10.2 Å². The van der Waals surface area contributed by atoms with Gasteiger partial charge < -0.3 is 4.74 Å². The van der Waals surface area contributed by atoms with Crippen molar-refractivity contribution in [2.24, 2.45) is 0 Å². The van der Waals surface area contributed by atoms with Gasteiger partial charge in [0.2, 0.25) is 0 Å². The van der Waals surface area contributed by atoms with Crippen molar-refractivity contribution in [1.29, 1.82) is 0 Å². The molecule has 6 nitrogen and oxygen atoms in total. The molecule has 0 aromatic carbocycles. The van der Waals surface area contributed by atoms with Crippen molar-refractivity contribution < 1.29 is 9.53 Å². The first-order chi connectivity index (χ1) is 9.95. The third kappa shape index (κ3) is 2.72. The van der Waals surface area contributed by atoms with E-state index in [1.54, 1.807) is 33.1 Å². The lowest BCUT2D eigenvalue weighted by Crippen LogP contribution is -2.52. The molecule has 7 heteroatoms. The van der Waals surface area contributed by atoms with Gasteiger partial charge in [0.1, 0.15) is 16.0 Å². The van der Waals surface area contributed by atoms with E-state index in [1.807, 2.05) is 0 Å². The predicted molar refractivity (Wildman–Crippen MR) is 86.6 cm³/mol. The number of fused-ring (bicyclic) bond motifs is 1. The van der Waals surface area contributed by atoms with Gasteiger partial charge in [-0.1, -0.05) is 0 Å². The smallest absolute Gasteiger partial charge is 0.332 e. The van der Waals surface area contributed by atoms with Crippen molar-refractivity contribution in [3.63, 3.8) is 0 Å². The zero-order valence-electron chi connectivity index (χ0n) is 13.6. The third-order valence-corrected chi connectivity index (χ3v) is 4.29. The van der Waals surface area contributed by atoms with Crippen LogP contribution >= 0.6 is 11.3 Å². The average molecular weight is 324 g/mol. The van der Waals surface area contributed by atoms with Gasteiger partial charge in [0.25, 0.3) is 5.56 Å². The van der Waals surface area contributed by atoms with Crippen molar-refractivity contribution >= 4 is 27.5 Å². The molecule has 0 fully saturated rings. The number of aromatic amines is 1. The van der Waals surface area contributed by atoms with Crippen LogP contribution in [0.5, 0.6) is 0 Å². The highest BCUT2D eigenvalue weighted by atomic mass is 32.1. The van der Waals surface area contributed by atoms with Gasteiger partial charge in [0, 0.05) is 0 Å². The molecule has 0 saturated carbocycles. The highest BCUT2D eigenvalue weighted by Crippen LogP contribution is 2.22. The summed E-state index contributed by atoms with van der Waals surface area (Å²) in [5.74, 6) is -0.625. The van der Waals surface area contributed by atoms with Crippen LogP contribution in [-0.2, 0) is 15.1 Å². The predicted octanol–water partition coefficient (Wildman–Crippen LogP) is 2.14. The molecule has 0 aliphatic carbocycles. The zero-order chi connectivity index (χ0) is 16.9. The molecule has 0 radical (unpaired) electrons. The van der Waals surface area contributed by atoms with E-state index in [0.717, 1.165) is 10.1 Å². The van der Waals surface area contributed by atoms with Gasteiger partial charge in [-0.2, -0.15) is 0 Å². The highest BCUT2D eigenvalue weighted by molar-refractivity contribution is 7.16. The normalized spacial score (nSPS) is 12.6. The monoisotopic (exact) mass is 324 g/mol. The number of H-pyrrole nitrogens is 1. The van der Waals surface area contributed by atoms with Crippen molar-refractivity contribution in [1.82, 2.24) is 9.55 Å². The number of ether oxygens (including phenoxy) is 1. The Labute approximate surface area is 131 Å². The number of thiophene rings is 1. The quantitative estimate of drug-likeness (QED) is 0.858. The van der Waals surface area contributed by atoms with Crippen molar-refractivity contribution in [3.8, 4) is 0 Å². The molecule has 2 aromatic rings. The van der Waals surface area contributed by atoms with E-state index >= 15 is 0 Å². The highest BCUT2D eigenvalue weighted by Gasteiger charge is 2.37. The molecule has 0 amide bonds. The maximum absolute atomic E-state index is 12.7. The number of esters is 1. The lowest BCUT2D eigenvalue weighted by atomic mass is 10.0. The molecular formula is C15H20N2O4S. The first-order valence-electron chi connectivity index (χ1n) is 6.92. The average Bonchev–Trinajstić information content (AvgIpc) is 2.68. The molecule has 0 spiro atoms. The maximum atomic E-state index is 12.7. The molecule has 2 aromatic heterocycles. The van der Waals surface area contributed by atoms with Gasteiger partial charge in [-0.3, -0.25) is 9.78 Å². The summed E-state index contributed by atoms with van der Waals surface area (Å²) >= 11 is 1.29. The van der Waals surface area contributed by atoms with E-state index in [-0.39, 0.29) is 0 Å². The fraction of sp³-hybridized carbons (Fsp3) is 0.533. The number of aryl methyl sites for hydroxylation is 1. The summed E-state index contributed by atoms with van der Waals surface area (Å²) in [5, 5.41) is 2.23. The molecule has 2 rings (SSSR count). The number of hydrogen-bond donors (Lipinski definition) is 1. The molecule has 0 saturated heterocycles. The van der Waals surface area contributed by atoms with Crippen LogP contribution in [0.2, 0.25) is 0 Å². The van der Waals surface area contributed by atoms with Crippen LogP contribution in [0, 0.1) is 6.92 Å². The molecule has 1 N–H and O–H groups in total. The Balaban J connectivity index is 2.68. The van der Waals surface area contributed by atoms with Crippen molar-refractivity contribution in [3.05, 3.63) is 31.8 Å². The minimum Gasteiger partial charge on any atom is -0.458 e. The van der Waals surface area contributed by atoms with Gasteiger partial charge in [0.15, 0.2) is 0 Å². The van der Waals surface area contributed by atoms with Crippen LogP contribution in [0.1, 0.15) is 40.2 Å².